The molecule has 11 heteroatoms. The van der Waals surface area contributed by atoms with E-state index < -0.39 is 5.54 Å². The van der Waals surface area contributed by atoms with Crippen molar-refractivity contribution in [3.05, 3.63) is 47.4 Å². The van der Waals surface area contributed by atoms with Gasteiger partial charge in [-0.25, -0.2) is 24.5 Å². The largest absolute Gasteiger partial charge is 0.472 e. The van der Waals surface area contributed by atoms with E-state index >= 15 is 0 Å². The summed E-state index contributed by atoms with van der Waals surface area (Å²) >= 11 is 0. The normalized spacial score (nSPS) is 21.2. The summed E-state index contributed by atoms with van der Waals surface area (Å²) < 4.78 is 16.4. The molecule has 3 atom stereocenters. The monoisotopic (exact) mass is 520 g/mol. The topological polar surface area (TPSA) is 142 Å². The van der Waals surface area contributed by atoms with Gasteiger partial charge in [-0.2, -0.15) is 0 Å². The first-order valence-electron chi connectivity index (χ1n) is 12.6. The van der Waals surface area contributed by atoms with E-state index in [1.54, 1.807) is 29.4 Å². The van der Waals surface area contributed by atoms with Gasteiger partial charge in [-0.3, -0.25) is 0 Å². The molecular weight excluding hydrogens is 488 g/mol. The number of esters is 1. The number of pyridine rings is 3. The Morgan fingerprint density at radius 1 is 1.18 bits per heavy atom. The van der Waals surface area contributed by atoms with E-state index in [-0.39, 0.29) is 30.2 Å². The molecule has 0 aliphatic carbocycles. The van der Waals surface area contributed by atoms with Gasteiger partial charge in [-0.15, -0.1) is 0 Å². The van der Waals surface area contributed by atoms with Crippen LogP contribution in [0.3, 0.4) is 0 Å². The highest BCUT2D eigenvalue weighted by molar-refractivity contribution is 5.93. The van der Waals surface area contributed by atoms with Gasteiger partial charge in [0.2, 0.25) is 5.88 Å². The Balaban J connectivity index is 1.46. The van der Waals surface area contributed by atoms with Gasteiger partial charge in [0.05, 0.1) is 30.3 Å². The van der Waals surface area contributed by atoms with Crippen molar-refractivity contribution in [2.45, 2.75) is 57.8 Å². The molecule has 1 amide bonds. The first-order valence-corrected chi connectivity index (χ1v) is 12.6. The van der Waals surface area contributed by atoms with Crippen molar-refractivity contribution in [3.8, 4) is 5.88 Å². The number of carbonyl (C=O) groups is 2. The van der Waals surface area contributed by atoms with Gasteiger partial charge in [0.15, 0.2) is 0 Å². The number of methoxy groups -OCH3 is 1. The predicted molar refractivity (Wildman–Crippen MR) is 141 cm³/mol. The number of nitrogens with one attached hydrogen (secondary N) is 1. The molecule has 0 saturated carbocycles. The summed E-state index contributed by atoms with van der Waals surface area (Å²) in [6.07, 6.45) is 3.25. The van der Waals surface area contributed by atoms with Crippen LogP contribution in [0.1, 0.15) is 61.6 Å². The van der Waals surface area contributed by atoms with Crippen LogP contribution in [-0.4, -0.2) is 64.3 Å². The third-order valence-electron chi connectivity index (χ3n) is 7.11. The summed E-state index contributed by atoms with van der Waals surface area (Å²) in [4.78, 5) is 39.6. The molecule has 200 valence electrons. The van der Waals surface area contributed by atoms with E-state index in [9.17, 15) is 9.59 Å². The van der Waals surface area contributed by atoms with Crippen LogP contribution in [0.2, 0.25) is 0 Å². The zero-order valence-electron chi connectivity index (χ0n) is 22.1. The van der Waals surface area contributed by atoms with Crippen molar-refractivity contribution in [2.75, 3.05) is 25.5 Å². The van der Waals surface area contributed by atoms with E-state index in [4.69, 9.17) is 24.9 Å². The number of hydrogen-bond donors (Lipinski definition) is 2. The third kappa shape index (κ3) is 4.81. The molecule has 2 aliphatic heterocycles. The fourth-order valence-electron chi connectivity index (χ4n) is 4.82. The van der Waals surface area contributed by atoms with Crippen molar-refractivity contribution < 1.29 is 23.8 Å². The summed E-state index contributed by atoms with van der Waals surface area (Å²) in [5.41, 5.74) is 7.82. The highest BCUT2D eigenvalue weighted by Gasteiger charge is 2.32. The minimum absolute atomic E-state index is 0.0323. The Kier molecular flexibility index (Phi) is 6.56. The second-order valence-corrected chi connectivity index (χ2v) is 10.4. The number of carbonyl (C=O) groups excluding carboxylic acids is 2. The van der Waals surface area contributed by atoms with E-state index in [0.29, 0.717) is 53.7 Å². The van der Waals surface area contributed by atoms with Gasteiger partial charge < -0.3 is 30.2 Å². The first-order chi connectivity index (χ1) is 18.0. The van der Waals surface area contributed by atoms with Crippen LogP contribution in [0.15, 0.2) is 30.6 Å². The van der Waals surface area contributed by atoms with Crippen LogP contribution >= 0.6 is 0 Å². The number of fused-ring (bicyclic) bond motifs is 2. The van der Waals surface area contributed by atoms with Crippen LogP contribution < -0.4 is 15.8 Å². The molecule has 5 rings (SSSR count). The zero-order valence-corrected chi connectivity index (χ0v) is 22.1. The molecule has 2 aliphatic rings. The number of ether oxygens (including phenoxy) is 3. The van der Waals surface area contributed by atoms with Gasteiger partial charge in [-0.05, 0) is 49.9 Å². The number of aromatic nitrogens is 3. The van der Waals surface area contributed by atoms with Crippen molar-refractivity contribution in [3.63, 3.8) is 0 Å². The summed E-state index contributed by atoms with van der Waals surface area (Å²) in [7, 11) is 1.37. The van der Waals surface area contributed by atoms with E-state index in [2.05, 4.69) is 15.3 Å². The lowest BCUT2D eigenvalue weighted by Crippen LogP contribution is -2.31. The van der Waals surface area contributed by atoms with Gasteiger partial charge in [0, 0.05) is 36.8 Å². The molecule has 1 fully saturated rings. The number of likely N-dealkylation sites (tertiary alicyclic amines) is 1. The maximum Gasteiger partial charge on any atom is 0.409 e. The lowest BCUT2D eigenvalue weighted by molar-refractivity contribution is 0.0235. The van der Waals surface area contributed by atoms with Crippen molar-refractivity contribution in [1.82, 2.24) is 19.9 Å². The highest BCUT2D eigenvalue weighted by Crippen LogP contribution is 2.35. The minimum Gasteiger partial charge on any atom is -0.472 e. The number of rotatable bonds is 5. The van der Waals surface area contributed by atoms with Crippen molar-refractivity contribution in [1.29, 1.82) is 0 Å². The predicted octanol–water partition coefficient (Wildman–Crippen LogP) is 3.84. The molecule has 0 spiro atoms. The number of anilines is 2. The number of nitrogens with zero attached hydrogens (tertiary/aromatic N) is 4. The van der Waals surface area contributed by atoms with Gasteiger partial charge in [0.1, 0.15) is 23.8 Å². The van der Waals surface area contributed by atoms with Crippen LogP contribution in [0.4, 0.5) is 16.4 Å². The molecule has 11 nitrogen and oxygen atoms in total. The average Bonchev–Trinajstić information content (AvgIpc) is 3.34. The average molecular weight is 521 g/mol. The SMILES string of the molecule is COC(=O)N1CC[C@H](Oc2ncc(C(C)(C)N)c3cc(Nc4ccc5c(n4)[C@@H](C)[C@H](C)OC5=O)ncc23)C1. The molecule has 0 unspecified atom stereocenters. The molecule has 0 bridgehead atoms. The van der Waals surface area contributed by atoms with Gasteiger partial charge >= 0.3 is 12.1 Å². The fraction of sp³-hybridized carbons (Fsp3) is 0.444. The highest BCUT2D eigenvalue weighted by atomic mass is 16.5. The molecule has 3 aromatic heterocycles. The van der Waals surface area contributed by atoms with Crippen molar-refractivity contribution in [2.24, 2.45) is 5.73 Å². The maximum atomic E-state index is 12.3. The Hall–Kier alpha value is -3.99. The van der Waals surface area contributed by atoms with Crippen LogP contribution in [0, 0.1) is 0 Å². The van der Waals surface area contributed by atoms with E-state index in [1.807, 2.05) is 33.8 Å². The Bertz CT molecular complexity index is 1400. The van der Waals surface area contributed by atoms with E-state index in [0.717, 1.165) is 10.9 Å². The summed E-state index contributed by atoms with van der Waals surface area (Å²) in [5.74, 6) is 1.16. The van der Waals surface area contributed by atoms with Gasteiger partial charge in [0.25, 0.3) is 0 Å². The molecule has 38 heavy (non-hydrogen) atoms. The molecule has 0 aromatic carbocycles. The zero-order chi connectivity index (χ0) is 27.2. The number of cyclic esters (lactones) is 1. The van der Waals surface area contributed by atoms with E-state index in [1.165, 1.54) is 7.11 Å². The second-order valence-electron chi connectivity index (χ2n) is 10.4. The van der Waals surface area contributed by atoms with Crippen LogP contribution in [0.25, 0.3) is 10.8 Å². The molecular formula is C27H32N6O5. The quantitative estimate of drug-likeness (QED) is 0.476. The summed E-state index contributed by atoms with van der Waals surface area (Å²) in [5, 5.41) is 4.81. The standard InChI is InChI=1S/C27H32N6O5/c1-14-15(2)37-25(34)17-6-7-21(32-23(14)17)31-22-10-18-19(11-29-22)24(30-12-20(18)27(3,4)28)38-16-8-9-33(13-16)26(35)36-5/h6-7,10-12,14-16H,8-9,13,28H2,1-5H3,(H,29,31,32)/t14-,15-,16-/m0/s1. The van der Waals surface area contributed by atoms with Gasteiger partial charge in [-0.1, -0.05) is 6.92 Å². The number of nitrogens with two attached hydrogens (primary N) is 1. The molecule has 5 heterocycles. The molecule has 3 aromatic rings. The van der Waals surface area contributed by atoms with Crippen molar-refractivity contribution >= 4 is 34.5 Å². The Labute approximate surface area is 220 Å². The maximum absolute atomic E-state index is 12.3. The van der Waals surface area contributed by atoms with Crippen LogP contribution in [0.5, 0.6) is 5.88 Å². The number of hydrogen-bond acceptors (Lipinski definition) is 10. The summed E-state index contributed by atoms with van der Waals surface area (Å²) in [6.45, 7) is 8.64. The minimum atomic E-state index is -0.673. The lowest BCUT2D eigenvalue weighted by Gasteiger charge is -2.27. The fourth-order valence-corrected chi connectivity index (χ4v) is 4.82. The molecule has 3 N–H and O–H groups in total. The molecule has 1 saturated heterocycles. The second kappa shape index (κ2) is 9.71. The van der Waals surface area contributed by atoms with Crippen LogP contribution in [-0.2, 0) is 15.0 Å². The Morgan fingerprint density at radius 2 is 1.97 bits per heavy atom. The molecule has 0 radical (unpaired) electrons. The first kappa shape index (κ1) is 25.7. The smallest absolute Gasteiger partial charge is 0.409 e. The summed E-state index contributed by atoms with van der Waals surface area (Å²) in [6, 6.07) is 5.35. The number of amides is 1. The lowest BCUT2D eigenvalue weighted by atomic mass is 9.93. The Morgan fingerprint density at radius 3 is 2.71 bits per heavy atom. The third-order valence-corrected chi connectivity index (χ3v) is 7.11.